The summed E-state index contributed by atoms with van der Waals surface area (Å²) in [4.78, 5) is 0. The predicted molar refractivity (Wildman–Crippen MR) is 58.4 cm³/mol. The summed E-state index contributed by atoms with van der Waals surface area (Å²) in [7, 11) is 0. The van der Waals surface area contributed by atoms with Crippen molar-refractivity contribution < 1.29 is 0 Å². The minimum absolute atomic E-state index is 0. The molecule has 3 heteroatoms. The van der Waals surface area contributed by atoms with Crippen molar-refractivity contribution in [1.82, 2.24) is 0 Å². The average Bonchev–Trinajstić information content (AvgIpc) is 2.17. The molecule has 0 aliphatic carbocycles. The lowest BCUT2D eigenvalue weighted by Gasteiger charge is -2.20. The Morgan fingerprint density at radius 2 is 2.23 bits per heavy atom. The van der Waals surface area contributed by atoms with Gasteiger partial charge in [-0.1, -0.05) is 12.1 Å². The van der Waals surface area contributed by atoms with Gasteiger partial charge in [-0.05, 0) is 30.0 Å². The summed E-state index contributed by atoms with van der Waals surface area (Å²) in [6.07, 6.45) is 2.40. The largest absolute Gasteiger partial charge is 0.385 e. The van der Waals surface area contributed by atoms with Crippen molar-refractivity contribution in [3.8, 4) is 0 Å². The first kappa shape index (κ1) is 10.4. The van der Waals surface area contributed by atoms with Crippen molar-refractivity contribution in [2.45, 2.75) is 19.4 Å². The van der Waals surface area contributed by atoms with Crippen molar-refractivity contribution in [3.05, 3.63) is 29.3 Å². The fourth-order valence-electron chi connectivity index (χ4n) is 1.77. The summed E-state index contributed by atoms with van der Waals surface area (Å²) in [6, 6.07) is 6.32. The molecule has 1 aromatic carbocycles. The van der Waals surface area contributed by atoms with Gasteiger partial charge in [-0.3, -0.25) is 0 Å². The lowest BCUT2D eigenvalue weighted by Crippen LogP contribution is -2.14. The van der Waals surface area contributed by atoms with Gasteiger partial charge in [0, 0.05) is 18.8 Å². The van der Waals surface area contributed by atoms with Gasteiger partial charge in [-0.15, -0.1) is 12.4 Å². The van der Waals surface area contributed by atoms with Gasteiger partial charge >= 0.3 is 0 Å². The molecule has 0 radical (unpaired) electrons. The molecule has 0 saturated heterocycles. The van der Waals surface area contributed by atoms with Crippen LogP contribution in [0.3, 0.4) is 0 Å². The molecule has 0 fully saturated rings. The first-order valence-electron chi connectivity index (χ1n) is 4.46. The molecule has 1 heterocycles. The number of benzene rings is 1. The molecule has 0 spiro atoms. The lowest BCUT2D eigenvalue weighted by atomic mass is 9.98. The van der Waals surface area contributed by atoms with E-state index in [0.717, 1.165) is 6.54 Å². The second-order valence-corrected chi connectivity index (χ2v) is 3.18. The van der Waals surface area contributed by atoms with E-state index >= 15 is 0 Å². The molecule has 1 aromatic rings. The topological polar surface area (TPSA) is 38.0 Å². The minimum Gasteiger partial charge on any atom is -0.385 e. The Kier molecular flexibility index (Phi) is 3.58. The summed E-state index contributed by atoms with van der Waals surface area (Å²) in [5.41, 5.74) is 9.64. The maximum absolute atomic E-state index is 5.65. The molecule has 13 heavy (non-hydrogen) atoms. The molecule has 0 aromatic heterocycles. The van der Waals surface area contributed by atoms with Crippen LogP contribution in [0, 0.1) is 0 Å². The third kappa shape index (κ3) is 1.95. The van der Waals surface area contributed by atoms with E-state index in [9.17, 15) is 0 Å². The minimum atomic E-state index is 0. The van der Waals surface area contributed by atoms with Crippen LogP contribution in [0.25, 0.3) is 0 Å². The van der Waals surface area contributed by atoms with E-state index in [-0.39, 0.29) is 12.4 Å². The Labute approximate surface area is 84.9 Å². The second-order valence-electron chi connectivity index (χ2n) is 3.18. The van der Waals surface area contributed by atoms with E-state index in [1.807, 2.05) is 0 Å². The average molecular weight is 199 g/mol. The van der Waals surface area contributed by atoms with E-state index in [2.05, 4.69) is 23.5 Å². The SMILES string of the molecule is Cl.NCc1cccc2c1CCCN2. The molecule has 72 valence electrons. The first-order chi connectivity index (χ1) is 5.92. The maximum atomic E-state index is 5.65. The third-order valence-electron chi connectivity index (χ3n) is 2.41. The van der Waals surface area contributed by atoms with Crippen molar-refractivity contribution in [3.63, 3.8) is 0 Å². The molecule has 0 amide bonds. The molecular formula is C10H15ClN2. The van der Waals surface area contributed by atoms with Gasteiger partial charge in [-0.25, -0.2) is 0 Å². The van der Waals surface area contributed by atoms with Crippen LogP contribution in [0.1, 0.15) is 17.5 Å². The lowest BCUT2D eigenvalue weighted by molar-refractivity contribution is 0.814. The molecule has 0 unspecified atom stereocenters. The van der Waals surface area contributed by atoms with Crippen LogP contribution in [0.4, 0.5) is 5.69 Å². The quantitative estimate of drug-likeness (QED) is 0.724. The van der Waals surface area contributed by atoms with E-state index in [0.29, 0.717) is 6.54 Å². The Balaban J connectivity index is 0.000000845. The highest BCUT2D eigenvalue weighted by molar-refractivity contribution is 5.85. The molecule has 3 N–H and O–H groups in total. The number of anilines is 1. The van der Waals surface area contributed by atoms with Gasteiger partial charge in [0.2, 0.25) is 0 Å². The number of rotatable bonds is 1. The van der Waals surface area contributed by atoms with Gasteiger partial charge in [0.1, 0.15) is 0 Å². The summed E-state index contributed by atoms with van der Waals surface area (Å²) in [5, 5.41) is 3.38. The normalized spacial score (nSPS) is 13.9. The molecular weight excluding hydrogens is 184 g/mol. The zero-order valence-corrected chi connectivity index (χ0v) is 8.36. The molecule has 1 aliphatic heterocycles. The molecule has 0 atom stereocenters. The van der Waals surface area contributed by atoms with Crippen LogP contribution in [-0.2, 0) is 13.0 Å². The van der Waals surface area contributed by atoms with Crippen LogP contribution in [0.2, 0.25) is 0 Å². The Bertz CT molecular complexity index is 272. The van der Waals surface area contributed by atoms with Gasteiger partial charge in [0.25, 0.3) is 0 Å². The van der Waals surface area contributed by atoms with Crippen molar-refractivity contribution in [2.24, 2.45) is 5.73 Å². The monoisotopic (exact) mass is 198 g/mol. The number of fused-ring (bicyclic) bond motifs is 1. The maximum Gasteiger partial charge on any atom is 0.0375 e. The van der Waals surface area contributed by atoms with Gasteiger partial charge in [-0.2, -0.15) is 0 Å². The van der Waals surface area contributed by atoms with Crippen LogP contribution >= 0.6 is 12.4 Å². The van der Waals surface area contributed by atoms with Gasteiger partial charge in [0.15, 0.2) is 0 Å². The number of nitrogens with one attached hydrogen (secondary N) is 1. The predicted octanol–water partition coefficient (Wildman–Crippen LogP) is 1.93. The molecule has 2 nitrogen and oxygen atoms in total. The van der Waals surface area contributed by atoms with E-state index in [1.54, 1.807) is 0 Å². The van der Waals surface area contributed by atoms with Gasteiger partial charge < -0.3 is 11.1 Å². The summed E-state index contributed by atoms with van der Waals surface area (Å²) < 4.78 is 0. The van der Waals surface area contributed by atoms with Crippen molar-refractivity contribution in [2.75, 3.05) is 11.9 Å². The Morgan fingerprint density at radius 1 is 1.38 bits per heavy atom. The summed E-state index contributed by atoms with van der Waals surface area (Å²) in [6.45, 7) is 1.76. The van der Waals surface area contributed by atoms with Crippen molar-refractivity contribution >= 4 is 18.1 Å². The van der Waals surface area contributed by atoms with Gasteiger partial charge in [0.05, 0.1) is 0 Å². The zero-order valence-electron chi connectivity index (χ0n) is 7.55. The molecule has 0 saturated carbocycles. The van der Waals surface area contributed by atoms with Crippen LogP contribution in [-0.4, -0.2) is 6.54 Å². The highest BCUT2D eigenvalue weighted by Gasteiger charge is 2.10. The van der Waals surface area contributed by atoms with Crippen LogP contribution < -0.4 is 11.1 Å². The number of nitrogens with two attached hydrogens (primary N) is 1. The summed E-state index contributed by atoms with van der Waals surface area (Å²) >= 11 is 0. The van der Waals surface area contributed by atoms with E-state index in [4.69, 9.17) is 5.73 Å². The standard InChI is InChI=1S/C10H14N2.ClH/c11-7-8-3-1-5-10-9(8)4-2-6-12-10;/h1,3,5,12H,2,4,6-7,11H2;1H. The smallest absolute Gasteiger partial charge is 0.0375 e. The first-order valence-corrected chi connectivity index (χ1v) is 4.46. The van der Waals surface area contributed by atoms with E-state index in [1.165, 1.54) is 29.7 Å². The van der Waals surface area contributed by atoms with Crippen molar-refractivity contribution in [1.29, 1.82) is 0 Å². The summed E-state index contributed by atoms with van der Waals surface area (Å²) in [5.74, 6) is 0. The molecule has 1 aliphatic rings. The second kappa shape index (κ2) is 4.49. The number of hydrogen-bond acceptors (Lipinski definition) is 2. The number of halogens is 1. The Hall–Kier alpha value is -0.730. The fourth-order valence-corrected chi connectivity index (χ4v) is 1.77. The third-order valence-corrected chi connectivity index (χ3v) is 2.41. The van der Waals surface area contributed by atoms with Crippen LogP contribution in [0.5, 0.6) is 0 Å². The van der Waals surface area contributed by atoms with Crippen LogP contribution in [0.15, 0.2) is 18.2 Å². The molecule has 2 rings (SSSR count). The van der Waals surface area contributed by atoms with E-state index < -0.39 is 0 Å². The Morgan fingerprint density at radius 3 is 3.00 bits per heavy atom. The fraction of sp³-hybridized carbons (Fsp3) is 0.400. The highest BCUT2D eigenvalue weighted by atomic mass is 35.5. The molecule has 0 bridgehead atoms. The zero-order chi connectivity index (χ0) is 8.39. The number of hydrogen-bond donors (Lipinski definition) is 2. The highest BCUT2D eigenvalue weighted by Crippen LogP contribution is 2.24.